The topological polar surface area (TPSA) is 12.0 Å². The molecule has 1 N–H and O–H groups in total. The highest BCUT2D eigenvalue weighted by molar-refractivity contribution is 4.55. The molecule has 0 aliphatic heterocycles. The molecule has 0 rings (SSSR count). The monoisotopic (exact) mass is 241 g/mol. The first kappa shape index (κ1) is 17.0. The minimum absolute atomic E-state index is 0.856. The summed E-state index contributed by atoms with van der Waals surface area (Å²) in [5.41, 5.74) is 0. The molecule has 0 aromatic heterocycles. The molecule has 0 bridgehead atoms. The Bertz CT molecular complexity index is 133. The van der Waals surface area contributed by atoms with Gasteiger partial charge in [0.25, 0.3) is 0 Å². The van der Waals surface area contributed by atoms with Crippen LogP contribution in [0.3, 0.4) is 0 Å². The summed E-state index contributed by atoms with van der Waals surface area (Å²) in [6, 6.07) is 0. The zero-order valence-corrected chi connectivity index (χ0v) is 12.6. The quantitative estimate of drug-likeness (QED) is 0.440. The molecule has 1 atom stereocenters. The molecule has 1 unspecified atom stereocenters. The molecular weight excluding hydrogens is 206 g/mol. The highest BCUT2D eigenvalue weighted by Crippen LogP contribution is 2.13. The zero-order valence-electron chi connectivity index (χ0n) is 12.6. The fourth-order valence-electron chi connectivity index (χ4n) is 2.43. The van der Waals surface area contributed by atoms with Crippen molar-refractivity contribution in [3.05, 3.63) is 0 Å². The second-order valence-electron chi connectivity index (χ2n) is 5.63. The Hall–Kier alpha value is -0.0400. The average molecular weight is 241 g/mol. The molecular formula is C16H35N. The van der Waals surface area contributed by atoms with Gasteiger partial charge in [-0.2, -0.15) is 0 Å². The molecule has 0 fully saturated rings. The smallest absolute Gasteiger partial charge is 0.00262 e. The van der Waals surface area contributed by atoms with Gasteiger partial charge in [-0.25, -0.2) is 0 Å². The lowest BCUT2D eigenvalue weighted by Gasteiger charge is -2.09. The Balaban J connectivity index is 2.98. The van der Waals surface area contributed by atoms with E-state index in [4.69, 9.17) is 0 Å². The first-order valence-electron chi connectivity index (χ1n) is 7.95. The highest BCUT2D eigenvalue weighted by Gasteiger charge is 1.99. The summed E-state index contributed by atoms with van der Waals surface area (Å²) in [5.74, 6) is 0.856. The van der Waals surface area contributed by atoms with Crippen molar-refractivity contribution in [1.29, 1.82) is 0 Å². The molecule has 0 amide bonds. The first-order chi connectivity index (χ1) is 8.31. The Labute approximate surface area is 110 Å². The second kappa shape index (κ2) is 14.0. The van der Waals surface area contributed by atoms with Crippen LogP contribution < -0.4 is 5.32 Å². The van der Waals surface area contributed by atoms with Crippen LogP contribution in [0.1, 0.15) is 84.5 Å². The number of hydrogen-bond donors (Lipinski definition) is 1. The Kier molecular flexibility index (Phi) is 14.0. The van der Waals surface area contributed by atoms with E-state index in [9.17, 15) is 0 Å². The van der Waals surface area contributed by atoms with Gasteiger partial charge in [-0.1, -0.05) is 78.1 Å². The van der Waals surface area contributed by atoms with Crippen molar-refractivity contribution in [1.82, 2.24) is 5.32 Å². The van der Waals surface area contributed by atoms with Crippen molar-refractivity contribution in [2.24, 2.45) is 5.92 Å². The fraction of sp³-hybridized carbons (Fsp3) is 1.00. The molecule has 17 heavy (non-hydrogen) atoms. The third-order valence-electron chi connectivity index (χ3n) is 3.60. The van der Waals surface area contributed by atoms with Crippen molar-refractivity contribution >= 4 is 0 Å². The van der Waals surface area contributed by atoms with E-state index in [1.54, 1.807) is 0 Å². The highest BCUT2D eigenvalue weighted by atomic mass is 14.8. The van der Waals surface area contributed by atoms with Crippen LogP contribution in [-0.2, 0) is 0 Å². The Morgan fingerprint density at radius 3 is 1.71 bits per heavy atom. The molecule has 0 saturated carbocycles. The van der Waals surface area contributed by atoms with Crippen molar-refractivity contribution in [2.45, 2.75) is 84.5 Å². The number of unbranched alkanes of at least 4 members (excludes halogenated alkanes) is 9. The van der Waals surface area contributed by atoms with Crippen molar-refractivity contribution < 1.29 is 0 Å². The summed E-state index contributed by atoms with van der Waals surface area (Å²) in [5, 5.41) is 3.25. The Morgan fingerprint density at radius 1 is 0.765 bits per heavy atom. The van der Waals surface area contributed by atoms with Gasteiger partial charge in [0.15, 0.2) is 0 Å². The van der Waals surface area contributed by atoms with Gasteiger partial charge in [0.2, 0.25) is 0 Å². The van der Waals surface area contributed by atoms with Gasteiger partial charge in [0.05, 0.1) is 0 Å². The van der Waals surface area contributed by atoms with Crippen LogP contribution >= 0.6 is 0 Å². The standard InChI is InChI=1S/C16H35N/c1-4-5-6-7-8-9-10-11-12-13-14-16(2)15-17-3/h16-17H,4-15H2,1-3H3. The van der Waals surface area contributed by atoms with Crippen LogP contribution in [-0.4, -0.2) is 13.6 Å². The van der Waals surface area contributed by atoms with Gasteiger partial charge in [0.1, 0.15) is 0 Å². The van der Waals surface area contributed by atoms with E-state index in [2.05, 4.69) is 26.2 Å². The van der Waals surface area contributed by atoms with Gasteiger partial charge in [-0.15, -0.1) is 0 Å². The predicted molar refractivity (Wildman–Crippen MR) is 79.6 cm³/mol. The van der Waals surface area contributed by atoms with Gasteiger partial charge >= 0.3 is 0 Å². The lowest BCUT2D eigenvalue weighted by molar-refractivity contribution is 0.464. The summed E-state index contributed by atoms with van der Waals surface area (Å²) in [6.45, 7) is 5.82. The maximum Gasteiger partial charge on any atom is -0.00262 e. The lowest BCUT2D eigenvalue weighted by atomic mass is 10.0. The molecule has 1 nitrogen and oxygen atoms in total. The van der Waals surface area contributed by atoms with Crippen molar-refractivity contribution in [2.75, 3.05) is 13.6 Å². The molecule has 1 heteroatoms. The third kappa shape index (κ3) is 13.9. The molecule has 104 valence electrons. The summed E-state index contributed by atoms with van der Waals surface area (Å²) < 4.78 is 0. The van der Waals surface area contributed by atoms with E-state index in [1.165, 1.54) is 77.2 Å². The van der Waals surface area contributed by atoms with Gasteiger partial charge in [-0.3, -0.25) is 0 Å². The van der Waals surface area contributed by atoms with Gasteiger partial charge in [-0.05, 0) is 25.9 Å². The van der Waals surface area contributed by atoms with E-state index >= 15 is 0 Å². The second-order valence-corrected chi connectivity index (χ2v) is 5.63. The van der Waals surface area contributed by atoms with Crippen molar-refractivity contribution in [3.8, 4) is 0 Å². The van der Waals surface area contributed by atoms with Gasteiger partial charge in [0, 0.05) is 0 Å². The van der Waals surface area contributed by atoms with Gasteiger partial charge < -0.3 is 5.32 Å². The maximum absolute atomic E-state index is 3.25. The molecule has 0 aromatic rings. The largest absolute Gasteiger partial charge is 0.319 e. The van der Waals surface area contributed by atoms with E-state index in [-0.39, 0.29) is 0 Å². The van der Waals surface area contributed by atoms with Crippen LogP contribution in [0.2, 0.25) is 0 Å². The third-order valence-corrected chi connectivity index (χ3v) is 3.60. The zero-order chi connectivity index (χ0) is 12.8. The predicted octanol–water partition coefficient (Wildman–Crippen LogP) is 5.15. The number of nitrogens with one attached hydrogen (secondary N) is 1. The van der Waals surface area contributed by atoms with Crippen LogP contribution in [0.5, 0.6) is 0 Å². The van der Waals surface area contributed by atoms with E-state index in [0.29, 0.717) is 0 Å². The molecule has 0 spiro atoms. The maximum atomic E-state index is 3.25. The first-order valence-corrected chi connectivity index (χ1v) is 7.95. The normalized spacial score (nSPS) is 12.9. The minimum Gasteiger partial charge on any atom is -0.319 e. The SMILES string of the molecule is CCCCCCCCCCCCC(C)CNC. The molecule has 0 aliphatic rings. The van der Waals surface area contributed by atoms with E-state index in [0.717, 1.165) is 5.92 Å². The molecule has 0 aromatic carbocycles. The van der Waals surface area contributed by atoms with Crippen LogP contribution in [0.15, 0.2) is 0 Å². The van der Waals surface area contributed by atoms with Crippen molar-refractivity contribution in [3.63, 3.8) is 0 Å². The van der Waals surface area contributed by atoms with E-state index < -0.39 is 0 Å². The summed E-state index contributed by atoms with van der Waals surface area (Å²) in [4.78, 5) is 0. The average Bonchev–Trinajstić information content (AvgIpc) is 2.32. The molecule has 0 radical (unpaired) electrons. The number of hydrogen-bond acceptors (Lipinski definition) is 1. The molecule has 0 aliphatic carbocycles. The van der Waals surface area contributed by atoms with Crippen LogP contribution in [0.25, 0.3) is 0 Å². The fourth-order valence-corrected chi connectivity index (χ4v) is 2.43. The Morgan fingerprint density at radius 2 is 1.24 bits per heavy atom. The molecule has 0 saturated heterocycles. The number of rotatable bonds is 13. The lowest BCUT2D eigenvalue weighted by Crippen LogP contribution is -2.15. The summed E-state index contributed by atoms with van der Waals surface area (Å²) in [6.07, 6.45) is 15.9. The van der Waals surface area contributed by atoms with E-state index in [1.807, 2.05) is 0 Å². The molecule has 0 heterocycles. The summed E-state index contributed by atoms with van der Waals surface area (Å²) >= 11 is 0. The minimum atomic E-state index is 0.856. The van der Waals surface area contributed by atoms with Crippen LogP contribution in [0.4, 0.5) is 0 Å². The summed E-state index contributed by atoms with van der Waals surface area (Å²) in [7, 11) is 2.05. The van der Waals surface area contributed by atoms with Crippen LogP contribution in [0, 0.1) is 5.92 Å².